The molecular weight excluding hydrogens is 394 g/mol. The Morgan fingerprint density at radius 2 is 2.14 bits per heavy atom. The second-order valence-electron chi connectivity index (χ2n) is 8.25. The summed E-state index contributed by atoms with van der Waals surface area (Å²) in [5, 5.41) is 3.80. The fourth-order valence-electron chi connectivity index (χ4n) is 4.55. The van der Waals surface area contributed by atoms with Crippen molar-refractivity contribution in [3.05, 3.63) is 18.6 Å². The molecule has 1 atom stereocenters. The summed E-state index contributed by atoms with van der Waals surface area (Å²) in [6, 6.07) is 1.85. The lowest BCUT2D eigenvalue weighted by atomic mass is 10.2. The third-order valence-corrected chi connectivity index (χ3v) is 8.35. The number of aromatic nitrogens is 3. The van der Waals surface area contributed by atoms with Crippen LogP contribution < -0.4 is 10.2 Å². The Morgan fingerprint density at radius 1 is 1.31 bits per heavy atom. The smallest absolute Gasteiger partial charge is 0.282 e. The molecule has 1 saturated carbocycles. The monoisotopic (exact) mass is 419 g/mol. The minimum Gasteiger partial charge on any atom is -0.353 e. The lowest BCUT2D eigenvalue weighted by Gasteiger charge is -2.43. The number of anilines is 1. The third-order valence-electron chi connectivity index (χ3n) is 6.28. The average molecular weight is 420 g/mol. The van der Waals surface area contributed by atoms with Crippen LogP contribution in [0.5, 0.6) is 0 Å². The molecule has 2 aliphatic heterocycles. The quantitative estimate of drug-likeness (QED) is 0.709. The first-order valence-electron chi connectivity index (χ1n) is 9.96. The van der Waals surface area contributed by atoms with Gasteiger partial charge < -0.3 is 15.2 Å². The number of hydrogen-bond acceptors (Lipinski definition) is 6. The zero-order chi connectivity index (χ0) is 20.2. The molecule has 3 fully saturated rings. The van der Waals surface area contributed by atoms with Crippen molar-refractivity contribution in [2.45, 2.75) is 37.3 Å². The van der Waals surface area contributed by atoms with Crippen LogP contribution in [-0.4, -0.2) is 82.7 Å². The van der Waals surface area contributed by atoms with Crippen molar-refractivity contribution in [1.29, 1.82) is 0 Å². The summed E-state index contributed by atoms with van der Waals surface area (Å²) in [7, 11) is -1.99. The summed E-state index contributed by atoms with van der Waals surface area (Å²) in [5.41, 5.74) is 0.408. The van der Waals surface area contributed by atoms with Crippen molar-refractivity contribution in [3.8, 4) is 0 Å². The van der Waals surface area contributed by atoms with Crippen LogP contribution in [0.1, 0.15) is 25.7 Å². The maximum atomic E-state index is 13.3. The molecule has 156 valence electrons. The molecule has 3 aliphatic rings. The first-order chi connectivity index (χ1) is 13.9. The molecule has 0 aromatic carbocycles. The molecule has 11 heteroatoms. The Balaban J connectivity index is 1.34. The van der Waals surface area contributed by atoms with Gasteiger partial charge in [0, 0.05) is 51.9 Å². The predicted octanol–water partition coefficient (Wildman–Crippen LogP) is 0.0677. The number of piperazine rings is 1. The molecule has 2 aromatic heterocycles. The summed E-state index contributed by atoms with van der Waals surface area (Å²) in [5.74, 6) is 0.843. The number of aromatic amines is 1. The molecule has 2 N–H and O–H groups in total. The van der Waals surface area contributed by atoms with Crippen molar-refractivity contribution in [2.75, 3.05) is 38.1 Å². The Labute approximate surface area is 169 Å². The second kappa shape index (κ2) is 6.64. The Bertz CT molecular complexity index is 1050. The van der Waals surface area contributed by atoms with Crippen molar-refractivity contribution in [2.24, 2.45) is 0 Å². The first kappa shape index (κ1) is 18.8. The number of carbonyl (C=O) groups is 1. The van der Waals surface area contributed by atoms with Crippen LogP contribution in [0, 0.1) is 0 Å². The minimum atomic E-state index is -3.60. The Hall–Kier alpha value is -2.24. The van der Waals surface area contributed by atoms with E-state index in [2.05, 4.69) is 25.2 Å². The molecule has 0 radical (unpaired) electrons. The summed E-state index contributed by atoms with van der Waals surface area (Å²) < 4.78 is 29.7. The SMILES string of the molecule is CN(CC1CCC(=O)N1)S(=O)(=O)N1CCN(c2ncnc3[nH]ccc23)CC12CC2. The van der Waals surface area contributed by atoms with Gasteiger partial charge in [0.2, 0.25) is 5.91 Å². The van der Waals surface area contributed by atoms with Crippen LogP contribution in [0.15, 0.2) is 18.6 Å². The number of fused-ring (bicyclic) bond motifs is 1. The highest BCUT2D eigenvalue weighted by Crippen LogP contribution is 2.47. The van der Waals surface area contributed by atoms with Crippen molar-refractivity contribution < 1.29 is 13.2 Å². The predicted molar refractivity (Wildman–Crippen MR) is 107 cm³/mol. The summed E-state index contributed by atoms with van der Waals surface area (Å²) in [6.45, 7) is 1.92. The number of carbonyl (C=O) groups excluding carboxylic acids is 1. The fraction of sp³-hybridized carbons (Fsp3) is 0.611. The number of nitrogens with zero attached hydrogens (tertiary/aromatic N) is 5. The van der Waals surface area contributed by atoms with Gasteiger partial charge in [0.25, 0.3) is 10.2 Å². The van der Waals surface area contributed by atoms with Gasteiger partial charge in [0.15, 0.2) is 0 Å². The summed E-state index contributed by atoms with van der Waals surface area (Å²) in [4.78, 5) is 25.4. The van der Waals surface area contributed by atoms with Gasteiger partial charge in [-0.1, -0.05) is 0 Å². The number of H-pyrrole nitrogens is 1. The van der Waals surface area contributed by atoms with Gasteiger partial charge in [-0.15, -0.1) is 0 Å². The van der Waals surface area contributed by atoms with E-state index in [0.717, 1.165) is 29.7 Å². The fourth-order valence-corrected chi connectivity index (χ4v) is 6.30. The molecule has 5 rings (SSSR count). The van der Waals surface area contributed by atoms with E-state index in [1.807, 2.05) is 12.3 Å². The van der Waals surface area contributed by atoms with Crippen LogP contribution >= 0.6 is 0 Å². The van der Waals surface area contributed by atoms with Crippen LogP contribution in [0.4, 0.5) is 5.82 Å². The average Bonchev–Trinajstić information content (AvgIpc) is 3.10. The van der Waals surface area contributed by atoms with Gasteiger partial charge in [-0.25, -0.2) is 9.97 Å². The lowest BCUT2D eigenvalue weighted by molar-refractivity contribution is -0.119. The van der Waals surface area contributed by atoms with Gasteiger partial charge in [0.05, 0.1) is 10.9 Å². The number of amides is 1. The maximum Gasteiger partial charge on any atom is 0.282 e. The largest absolute Gasteiger partial charge is 0.353 e. The summed E-state index contributed by atoms with van der Waals surface area (Å²) in [6.07, 6.45) is 6.22. The van der Waals surface area contributed by atoms with E-state index in [1.165, 1.54) is 4.31 Å². The van der Waals surface area contributed by atoms with E-state index < -0.39 is 10.2 Å². The maximum absolute atomic E-state index is 13.3. The minimum absolute atomic E-state index is 0.00556. The van der Waals surface area contributed by atoms with Crippen LogP contribution in [0.2, 0.25) is 0 Å². The van der Waals surface area contributed by atoms with E-state index in [4.69, 9.17) is 0 Å². The number of rotatable bonds is 5. The van der Waals surface area contributed by atoms with Gasteiger partial charge >= 0.3 is 0 Å². The van der Waals surface area contributed by atoms with Crippen molar-refractivity contribution in [3.63, 3.8) is 0 Å². The molecule has 10 nitrogen and oxygen atoms in total. The molecule has 1 unspecified atom stereocenters. The normalized spacial score (nSPS) is 24.6. The molecule has 0 bridgehead atoms. The van der Waals surface area contributed by atoms with Gasteiger partial charge in [-0.3, -0.25) is 4.79 Å². The molecule has 1 spiro atoms. The molecule has 2 aromatic rings. The second-order valence-corrected chi connectivity index (χ2v) is 10.2. The zero-order valence-corrected chi connectivity index (χ0v) is 17.2. The Kier molecular flexibility index (Phi) is 4.30. The molecule has 1 aliphatic carbocycles. The molecule has 1 amide bonds. The van der Waals surface area contributed by atoms with E-state index in [1.54, 1.807) is 17.7 Å². The van der Waals surface area contributed by atoms with Gasteiger partial charge in [-0.2, -0.15) is 17.0 Å². The zero-order valence-electron chi connectivity index (χ0n) is 16.3. The van der Waals surface area contributed by atoms with Crippen LogP contribution in [0.3, 0.4) is 0 Å². The van der Waals surface area contributed by atoms with E-state index in [9.17, 15) is 13.2 Å². The van der Waals surface area contributed by atoms with E-state index in [0.29, 0.717) is 39.0 Å². The highest BCUT2D eigenvalue weighted by Gasteiger charge is 2.56. The van der Waals surface area contributed by atoms with Crippen LogP contribution in [-0.2, 0) is 15.0 Å². The molecule has 2 saturated heterocycles. The molecule has 4 heterocycles. The number of nitrogens with one attached hydrogen (secondary N) is 2. The highest BCUT2D eigenvalue weighted by molar-refractivity contribution is 7.86. The molecular formula is C18H25N7O3S. The first-order valence-corrected chi connectivity index (χ1v) is 11.4. The lowest BCUT2D eigenvalue weighted by Crippen LogP contribution is -2.60. The Morgan fingerprint density at radius 3 is 2.86 bits per heavy atom. The van der Waals surface area contributed by atoms with E-state index >= 15 is 0 Å². The van der Waals surface area contributed by atoms with Crippen molar-refractivity contribution in [1.82, 2.24) is 28.9 Å². The van der Waals surface area contributed by atoms with Gasteiger partial charge in [0.1, 0.15) is 17.8 Å². The van der Waals surface area contributed by atoms with Crippen molar-refractivity contribution >= 4 is 33.0 Å². The van der Waals surface area contributed by atoms with E-state index in [-0.39, 0.29) is 17.5 Å². The molecule has 29 heavy (non-hydrogen) atoms. The standard InChI is InChI=1S/C18H25N7O3S/c1-23(10-13-2-3-15(26)22-13)29(27,28)25-9-8-24(11-18(25)5-6-18)17-14-4-7-19-16(14)20-12-21-17/h4,7,12-13H,2-3,5-6,8-11H2,1H3,(H,22,26)(H,19,20,21). The number of likely N-dealkylation sites (N-methyl/N-ethyl adjacent to an activating group) is 1. The summed E-state index contributed by atoms with van der Waals surface area (Å²) >= 11 is 0. The highest BCUT2D eigenvalue weighted by atomic mass is 32.2. The third kappa shape index (κ3) is 3.17. The van der Waals surface area contributed by atoms with Gasteiger partial charge in [-0.05, 0) is 25.3 Å². The van der Waals surface area contributed by atoms with Crippen LogP contribution in [0.25, 0.3) is 11.0 Å². The topological polar surface area (TPSA) is 115 Å². The number of hydrogen-bond donors (Lipinski definition) is 2.